The average Bonchev–Trinajstić information content (AvgIpc) is 2.54. The van der Waals surface area contributed by atoms with E-state index in [1.165, 1.54) is 6.42 Å². The van der Waals surface area contributed by atoms with E-state index in [-0.39, 0.29) is 11.9 Å². The van der Waals surface area contributed by atoms with Crippen molar-refractivity contribution in [3.05, 3.63) is 30.7 Å². The van der Waals surface area contributed by atoms with Gasteiger partial charge in [0.2, 0.25) is 11.8 Å². The van der Waals surface area contributed by atoms with Crippen LogP contribution in [0.5, 0.6) is 5.75 Å². The van der Waals surface area contributed by atoms with Gasteiger partial charge in [0.05, 0.1) is 18.9 Å². The van der Waals surface area contributed by atoms with Gasteiger partial charge in [0, 0.05) is 31.4 Å². The molecule has 0 aromatic heterocycles. The lowest BCUT2D eigenvalue weighted by atomic mass is 9.88. The summed E-state index contributed by atoms with van der Waals surface area (Å²) in [5, 5.41) is 0. The largest absolute Gasteiger partial charge is 0.497 e. The quantitative estimate of drug-likeness (QED) is 0.885. The van der Waals surface area contributed by atoms with Gasteiger partial charge in [-0.3, -0.25) is 9.59 Å². The average molecular weight is 332 g/mol. The smallest absolute Gasteiger partial charge is 0.227 e. The molecule has 2 rings (SSSR count). The lowest BCUT2D eigenvalue weighted by Gasteiger charge is -2.42. The third-order valence-corrected chi connectivity index (χ3v) is 4.46. The standard InChI is InChI=1S/C18H26N3O3/c1-13-12-20(16(22)11-18(2,3)17(19)23)9-10-21(13)14-5-7-15(24-4)8-6-14/h5-8,11,13H,9-10,12H2,1-4H3,(H2,19,23). The zero-order valence-corrected chi connectivity index (χ0v) is 14.8. The van der Waals surface area contributed by atoms with E-state index in [0.717, 1.165) is 18.0 Å². The molecule has 0 saturated carbocycles. The van der Waals surface area contributed by atoms with Gasteiger partial charge in [-0.25, -0.2) is 0 Å². The van der Waals surface area contributed by atoms with Gasteiger partial charge in [-0.05, 0) is 31.2 Å². The highest BCUT2D eigenvalue weighted by molar-refractivity contribution is 5.94. The number of piperazine rings is 1. The molecule has 1 heterocycles. The Balaban J connectivity index is 1.99. The number of anilines is 1. The Morgan fingerprint density at radius 3 is 2.38 bits per heavy atom. The number of nitrogens with two attached hydrogens (primary N) is 1. The van der Waals surface area contributed by atoms with E-state index in [4.69, 9.17) is 10.5 Å². The summed E-state index contributed by atoms with van der Waals surface area (Å²) < 4.78 is 5.18. The number of carbonyl (C=O) groups is 2. The molecule has 1 atom stereocenters. The van der Waals surface area contributed by atoms with Crippen LogP contribution in [-0.4, -0.2) is 49.5 Å². The van der Waals surface area contributed by atoms with E-state index < -0.39 is 11.3 Å². The molecule has 2 amide bonds. The molecule has 2 N–H and O–H groups in total. The van der Waals surface area contributed by atoms with Crippen LogP contribution in [0.1, 0.15) is 20.8 Å². The maximum Gasteiger partial charge on any atom is 0.227 e. The number of hydrogen-bond acceptors (Lipinski definition) is 4. The summed E-state index contributed by atoms with van der Waals surface area (Å²) in [6, 6.07) is 8.09. The Hall–Kier alpha value is -2.24. The van der Waals surface area contributed by atoms with E-state index in [0.29, 0.717) is 13.1 Å². The van der Waals surface area contributed by atoms with Crippen molar-refractivity contribution in [2.75, 3.05) is 31.6 Å². The van der Waals surface area contributed by atoms with Crippen LogP contribution < -0.4 is 15.4 Å². The van der Waals surface area contributed by atoms with Crippen molar-refractivity contribution in [2.24, 2.45) is 11.1 Å². The molecule has 0 aliphatic carbocycles. The van der Waals surface area contributed by atoms with Crippen molar-refractivity contribution in [3.8, 4) is 5.75 Å². The zero-order chi connectivity index (χ0) is 17.9. The minimum atomic E-state index is -0.937. The fourth-order valence-corrected chi connectivity index (χ4v) is 2.79. The molecule has 1 fully saturated rings. The van der Waals surface area contributed by atoms with E-state index in [1.54, 1.807) is 25.9 Å². The van der Waals surface area contributed by atoms with E-state index in [2.05, 4.69) is 11.8 Å². The molecule has 1 saturated heterocycles. The van der Waals surface area contributed by atoms with Gasteiger partial charge in [0.1, 0.15) is 5.75 Å². The number of ether oxygens (including phenoxy) is 1. The van der Waals surface area contributed by atoms with Crippen LogP contribution in [0.25, 0.3) is 0 Å². The Bertz CT molecular complexity index is 598. The van der Waals surface area contributed by atoms with Gasteiger partial charge < -0.3 is 20.3 Å². The number of amides is 2. The topological polar surface area (TPSA) is 75.9 Å². The first-order valence-corrected chi connectivity index (χ1v) is 8.10. The monoisotopic (exact) mass is 332 g/mol. The molecule has 1 unspecified atom stereocenters. The molecule has 6 nitrogen and oxygen atoms in total. The van der Waals surface area contributed by atoms with Gasteiger partial charge >= 0.3 is 0 Å². The third-order valence-electron chi connectivity index (χ3n) is 4.46. The van der Waals surface area contributed by atoms with Gasteiger partial charge in [-0.15, -0.1) is 0 Å². The highest BCUT2D eigenvalue weighted by Crippen LogP contribution is 2.25. The highest BCUT2D eigenvalue weighted by Gasteiger charge is 2.33. The summed E-state index contributed by atoms with van der Waals surface area (Å²) in [6.07, 6.45) is 1.42. The summed E-state index contributed by atoms with van der Waals surface area (Å²) in [6.45, 7) is 7.36. The predicted octanol–water partition coefficient (Wildman–Crippen LogP) is 1.45. The molecule has 1 aromatic carbocycles. The number of hydrogen-bond donors (Lipinski definition) is 1. The van der Waals surface area contributed by atoms with Crippen molar-refractivity contribution in [1.82, 2.24) is 4.90 Å². The SMILES string of the molecule is COc1ccc(N2CCN(C(=O)[CH]C(C)(C)C(N)=O)CC2C)cc1. The van der Waals surface area contributed by atoms with Crippen LogP contribution in [0.4, 0.5) is 5.69 Å². The molecule has 131 valence electrons. The van der Waals surface area contributed by atoms with Crippen LogP contribution in [0.3, 0.4) is 0 Å². The van der Waals surface area contributed by atoms with Crippen molar-refractivity contribution >= 4 is 17.5 Å². The zero-order valence-electron chi connectivity index (χ0n) is 14.8. The number of methoxy groups -OCH3 is 1. The molecule has 0 spiro atoms. The Morgan fingerprint density at radius 2 is 1.88 bits per heavy atom. The first-order chi connectivity index (χ1) is 11.2. The second-order valence-electron chi connectivity index (χ2n) is 6.75. The van der Waals surface area contributed by atoms with E-state index in [1.807, 2.05) is 24.3 Å². The predicted molar refractivity (Wildman–Crippen MR) is 93.7 cm³/mol. The van der Waals surface area contributed by atoms with Gasteiger partial charge in [0.25, 0.3) is 0 Å². The molecule has 0 bridgehead atoms. The molecule has 6 heteroatoms. The van der Waals surface area contributed by atoms with Crippen LogP contribution in [0.2, 0.25) is 0 Å². The molecule has 1 aromatic rings. The van der Waals surface area contributed by atoms with Crippen LogP contribution in [0.15, 0.2) is 24.3 Å². The molecule has 1 aliphatic rings. The molecule has 1 radical (unpaired) electrons. The number of benzene rings is 1. The number of nitrogens with zero attached hydrogens (tertiary/aromatic N) is 2. The van der Waals surface area contributed by atoms with E-state index in [9.17, 15) is 9.59 Å². The van der Waals surface area contributed by atoms with Crippen molar-refractivity contribution in [3.63, 3.8) is 0 Å². The van der Waals surface area contributed by atoms with E-state index >= 15 is 0 Å². The van der Waals surface area contributed by atoms with Gasteiger partial charge in [0.15, 0.2) is 0 Å². The van der Waals surface area contributed by atoms with Gasteiger partial charge in [-0.1, -0.05) is 13.8 Å². The van der Waals surface area contributed by atoms with Crippen molar-refractivity contribution < 1.29 is 14.3 Å². The minimum absolute atomic E-state index is 0.139. The molecular weight excluding hydrogens is 306 g/mol. The number of carbonyl (C=O) groups excluding carboxylic acids is 2. The van der Waals surface area contributed by atoms with Crippen molar-refractivity contribution in [2.45, 2.75) is 26.8 Å². The highest BCUT2D eigenvalue weighted by atomic mass is 16.5. The molecular formula is C18H26N3O3. The summed E-state index contributed by atoms with van der Waals surface area (Å²) in [5.41, 5.74) is 5.51. The fraction of sp³-hybridized carbons (Fsp3) is 0.500. The first-order valence-electron chi connectivity index (χ1n) is 8.10. The molecule has 1 aliphatic heterocycles. The summed E-state index contributed by atoms with van der Waals surface area (Å²) in [5.74, 6) is 0.185. The Labute approximate surface area is 143 Å². The molecule has 24 heavy (non-hydrogen) atoms. The summed E-state index contributed by atoms with van der Waals surface area (Å²) in [4.78, 5) is 27.9. The van der Waals surface area contributed by atoms with Gasteiger partial charge in [-0.2, -0.15) is 0 Å². The maximum atomic E-state index is 12.4. The van der Waals surface area contributed by atoms with Crippen LogP contribution in [-0.2, 0) is 9.59 Å². The fourth-order valence-electron chi connectivity index (χ4n) is 2.79. The first kappa shape index (κ1) is 18.1. The second-order valence-corrected chi connectivity index (χ2v) is 6.75. The number of primary amides is 1. The number of rotatable bonds is 5. The van der Waals surface area contributed by atoms with Crippen LogP contribution >= 0.6 is 0 Å². The Morgan fingerprint density at radius 1 is 1.25 bits per heavy atom. The van der Waals surface area contributed by atoms with Crippen LogP contribution in [0, 0.1) is 11.8 Å². The lowest BCUT2D eigenvalue weighted by Crippen LogP contribution is -2.54. The minimum Gasteiger partial charge on any atom is -0.497 e. The lowest BCUT2D eigenvalue weighted by molar-refractivity contribution is -0.133. The summed E-state index contributed by atoms with van der Waals surface area (Å²) >= 11 is 0. The second kappa shape index (κ2) is 7.11. The maximum absolute atomic E-state index is 12.4. The third kappa shape index (κ3) is 3.99. The summed E-state index contributed by atoms with van der Waals surface area (Å²) in [7, 11) is 1.64. The van der Waals surface area contributed by atoms with Crippen molar-refractivity contribution in [1.29, 1.82) is 0 Å². The normalized spacial score (nSPS) is 18.4. The Kier molecular flexibility index (Phi) is 5.36.